The summed E-state index contributed by atoms with van der Waals surface area (Å²) in [7, 11) is 0. The van der Waals surface area contributed by atoms with Gasteiger partial charge in [0.05, 0.1) is 13.2 Å². The Labute approximate surface area is 139 Å². The molecule has 2 aromatic rings. The lowest BCUT2D eigenvalue weighted by Gasteiger charge is -2.27. The van der Waals surface area contributed by atoms with Gasteiger partial charge in [-0.05, 0) is 31.2 Å². The molecule has 1 amide bonds. The van der Waals surface area contributed by atoms with E-state index >= 15 is 0 Å². The molecule has 1 aliphatic heterocycles. The highest BCUT2D eigenvalue weighted by Gasteiger charge is 2.15. The van der Waals surface area contributed by atoms with Gasteiger partial charge < -0.3 is 15.0 Å². The zero-order valence-electron chi connectivity index (χ0n) is 13.4. The molecule has 1 fully saturated rings. The van der Waals surface area contributed by atoms with E-state index in [0.29, 0.717) is 24.5 Å². The number of hydrogen-bond donors (Lipinski definition) is 1. The number of nitrogens with zero attached hydrogens (tertiary/aromatic N) is 3. The van der Waals surface area contributed by atoms with Gasteiger partial charge in [0.15, 0.2) is 17.3 Å². The average molecular weight is 326 g/mol. The quantitative estimate of drug-likeness (QED) is 0.862. The number of carbonyl (C=O) groups is 2. The van der Waals surface area contributed by atoms with Gasteiger partial charge in [-0.25, -0.2) is 0 Å². The Hall–Kier alpha value is -2.80. The van der Waals surface area contributed by atoms with E-state index in [4.69, 9.17) is 4.74 Å². The third-order valence-corrected chi connectivity index (χ3v) is 3.75. The first-order valence-corrected chi connectivity index (χ1v) is 7.72. The van der Waals surface area contributed by atoms with E-state index in [9.17, 15) is 9.59 Å². The number of anilines is 2. The Kier molecular flexibility index (Phi) is 4.81. The molecule has 7 heteroatoms. The SMILES string of the molecule is CC(=O)c1cccc(NC(=O)c2ccc(N3CCOCC3)nn2)c1. The lowest BCUT2D eigenvalue weighted by atomic mass is 10.1. The van der Waals surface area contributed by atoms with Gasteiger partial charge in [0.25, 0.3) is 5.91 Å². The maximum absolute atomic E-state index is 12.3. The summed E-state index contributed by atoms with van der Waals surface area (Å²) in [5.41, 5.74) is 1.31. The molecule has 1 aliphatic rings. The minimum atomic E-state index is -0.364. The standard InChI is InChI=1S/C17H18N4O3/c1-12(22)13-3-2-4-14(11-13)18-17(23)15-5-6-16(20-19-15)21-7-9-24-10-8-21/h2-6,11H,7-10H2,1H3,(H,18,23). The number of Topliss-reactive ketones (excluding diaryl/α,β-unsaturated/α-hetero) is 1. The third-order valence-electron chi connectivity index (χ3n) is 3.75. The average Bonchev–Trinajstić information content (AvgIpc) is 2.63. The molecule has 3 rings (SSSR count). The number of benzene rings is 1. The molecule has 0 unspecified atom stereocenters. The minimum Gasteiger partial charge on any atom is -0.378 e. The number of rotatable bonds is 4. The van der Waals surface area contributed by atoms with Gasteiger partial charge in [-0.2, -0.15) is 0 Å². The molecule has 124 valence electrons. The van der Waals surface area contributed by atoms with E-state index in [1.54, 1.807) is 36.4 Å². The lowest BCUT2D eigenvalue weighted by molar-refractivity contribution is 0.100. The van der Waals surface area contributed by atoms with Crippen LogP contribution in [-0.4, -0.2) is 48.2 Å². The molecule has 0 bridgehead atoms. The van der Waals surface area contributed by atoms with Crippen LogP contribution < -0.4 is 10.2 Å². The molecule has 0 spiro atoms. The fourth-order valence-electron chi connectivity index (χ4n) is 2.42. The van der Waals surface area contributed by atoms with Crippen molar-refractivity contribution in [2.45, 2.75) is 6.92 Å². The van der Waals surface area contributed by atoms with E-state index in [1.165, 1.54) is 6.92 Å². The Morgan fingerprint density at radius 3 is 2.58 bits per heavy atom. The molecule has 0 saturated carbocycles. The zero-order valence-corrected chi connectivity index (χ0v) is 13.4. The van der Waals surface area contributed by atoms with Crippen LogP contribution in [0.15, 0.2) is 36.4 Å². The van der Waals surface area contributed by atoms with E-state index in [1.807, 2.05) is 0 Å². The number of ether oxygens (including phenoxy) is 1. The Balaban J connectivity index is 1.68. The monoisotopic (exact) mass is 326 g/mol. The summed E-state index contributed by atoms with van der Waals surface area (Å²) in [5.74, 6) is 0.311. The van der Waals surface area contributed by atoms with Crippen molar-refractivity contribution in [2.24, 2.45) is 0 Å². The molecule has 1 aromatic carbocycles. The molecule has 1 saturated heterocycles. The van der Waals surface area contributed by atoms with Crippen molar-refractivity contribution in [1.82, 2.24) is 10.2 Å². The Morgan fingerprint density at radius 2 is 1.92 bits per heavy atom. The molecule has 0 aliphatic carbocycles. The van der Waals surface area contributed by atoms with Crippen LogP contribution in [0.4, 0.5) is 11.5 Å². The molecule has 1 aromatic heterocycles. The fourth-order valence-corrected chi connectivity index (χ4v) is 2.42. The predicted octanol–water partition coefficient (Wildman–Crippen LogP) is 1.77. The molecule has 7 nitrogen and oxygen atoms in total. The molecule has 0 atom stereocenters. The summed E-state index contributed by atoms with van der Waals surface area (Å²) in [5, 5.41) is 10.8. The highest BCUT2D eigenvalue weighted by atomic mass is 16.5. The summed E-state index contributed by atoms with van der Waals surface area (Å²) < 4.78 is 5.30. The van der Waals surface area contributed by atoms with Crippen LogP contribution in [-0.2, 0) is 4.74 Å². The van der Waals surface area contributed by atoms with Crippen LogP contribution in [0.1, 0.15) is 27.8 Å². The lowest BCUT2D eigenvalue weighted by Crippen LogP contribution is -2.37. The maximum atomic E-state index is 12.3. The van der Waals surface area contributed by atoms with Gasteiger partial charge >= 0.3 is 0 Å². The maximum Gasteiger partial charge on any atom is 0.276 e. The minimum absolute atomic E-state index is 0.0549. The van der Waals surface area contributed by atoms with Crippen LogP contribution in [0.25, 0.3) is 0 Å². The van der Waals surface area contributed by atoms with Crippen molar-refractivity contribution >= 4 is 23.2 Å². The van der Waals surface area contributed by atoms with Gasteiger partial charge in [0, 0.05) is 24.3 Å². The summed E-state index contributed by atoms with van der Waals surface area (Å²) in [6, 6.07) is 10.2. The number of carbonyl (C=O) groups excluding carboxylic acids is 2. The van der Waals surface area contributed by atoms with E-state index in [0.717, 1.165) is 18.9 Å². The molecule has 24 heavy (non-hydrogen) atoms. The summed E-state index contributed by atoms with van der Waals surface area (Å²) in [6.45, 7) is 4.33. The van der Waals surface area contributed by atoms with E-state index in [2.05, 4.69) is 20.4 Å². The molecular weight excluding hydrogens is 308 g/mol. The number of amides is 1. The highest BCUT2D eigenvalue weighted by molar-refractivity contribution is 6.03. The van der Waals surface area contributed by atoms with Crippen molar-refractivity contribution in [2.75, 3.05) is 36.5 Å². The summed E-state index contributed by atoms with van der Waals surface area (Å²) in [6.07, 6.45) is 0. The second kappa shape index (κ2) is 7.18. The summed E-state index contributed by atoms with van der Waals surface area (Å²) in [4.78, 5) is 25.7. The van der Waals surface area contributed by atoms with Gasteiger partial charge in [0.2, 0.25) is 0 Å². The third kappa shape index (κ3) is 3.75. The van der Waals surface area contributed by atoms with Gasteiger partial charge in [-0.3, -0.25) is 9.59 Å². The van der Waals surface area contributed by atoms with Gasteiger partial charge in [-0.15, -0.1) is 10.2 Å². The molecule has 1 N–H and O–H groups in total. The van der Waals surface area contributed by atoms with E-state index < -0.39 is 0 Å². The zero-order chi connectivity index (χ0) is 16.9. The van der Waals surface area contributed by atoms with Crippen LogP contribution in [0.5, 0.6) is 0 Å². The van der Waals surface area contributed by atoms with Crippen molar-refractivity contribution in [1.29, 1.82) is 0 Å². The van der Waals surface area contributed by atoms with Crippen molar-refractivity contribution in [3.63, 3.8) is 0 Å². The van der Waals surface area contributed by atoms with Crippen LogP contribution in [0.2, 0.25) is 0 Å². The van der Waals surface area contributed by atoms with Crippen molar-refractivity contribution in [3.8, 4) is 0 Å². The second-order valence-electron chi connectivity index (χ2n) is 5.47. The molecule has 0 radical (unpaired) electrons. The molecule has 2 heterocycles. The first kappa shape index (κ1) is 16.1. The normalized spacial score (nSPS) is 14.3. The first-order valence-electron chi connectivity index (χ1n) is 7.72. The second-order valence-corrected chi connectivity index (χ2v) is 5.47. The summed E-state index contributed by atoms with van der Waals surface area (Å²) >= 11 is 0. The molecular formula is C17H18N4O3. The number of aromatic nitrogens is 2. The van der Waals surface area contributed by atoms with Gasteiger partial charge in [-0.1, -0.05) is 12.1 Å². The largest absolute Gasteiger partial charge is 0.378 e. The van der Waals surface area contributed by atoms with Gasteiger partial charge in [0.1, 0.15) is 0 Å². The van der Waals surface area contributed by atoms with Crippen molar-refractivity contribution in [3.05, 3.63) is 47.7 Å². The first-order chi connectivity index (χ1) is 11.6. The number of morpholine rings is 1. The smallest absolute Gasteiger partial charge is 0.276 e. The Morgan fingerprint density at radius 1 is 1.12 bits per heavy atom. The predicted molar refractivity (Wildman–Crippen MR) is 89.5 cm³/mol. The van der Waals surface area contributed by atoms with Crippen molar-refractivity contribution < 1.29 is 14.3 Å². The Bertz CT molecular complexity index is 740. The number of hydrogen-bond acceptors (Lipinski definition) is 6. The van der Waals surface area contributed by atoms with Crippen LogP contribution in [0, 0.1) is 0 Å². The fraction of sp³-hybridized carbons (Fsp3) is 0.294. The topological polar surface area (TPSA) is 84.4 Å². The number of nitrogens with one attached hydrogen (secondary N) is 1. The van der Waals surface area contributed by atoms with E-state index in [-0.39, 0.29) is 17.4 Å². The number of ketones is 1. The van der Waals surface area contributed by atoms with Crippen LogP contribution >= 0.6 is 0 Å². The van der Waals surface area contributed by atoms with Crippen LogP contribution in [0.3, 0.4) is 0 Å². The highest BCUT2D eigenvalue weighted by Crippen LogP contribution is 2.14.